The zero-order valence-electron chi connectivity index (χ0n) is 11.8. The van der Waals surface area contributed by atoms with Crippen LogP contribution in [-0.4, -0.2) is 13.0 Å². The molecule has 1 N–H and O–H groups in total. The van der Waals surface area contributed by atoms with E-state index in [9.17, 15) is 4.79 Å². The van der Waals surface area contributed by atoms with E-state index >= 15 is 0 Å². The molecule has 0 aliphatic rings. The van der Waals surface area contributed by atoms with Crippen LogP contribution in [0.1, 0.15) is 24.8 Å². The topological polar surface area (TPSA) is 38.3 Å². The van der Waals surface area contributed by atoms with Crippen molar-refractivity contribution >= 4 is 5.91 Å². The SMILES string of the molecule is CCC(C(=O)NC)c1cccc(Oc2ccccc2)c1. The zero-order chi connectivity index (χ0) is 14.4. The van der Waals surface area contributed by atoms with Crippen LogP contribution in [0, 0.1) is 0 Å². The van der Waals surface area contributed by atoms with Crippen LogP contribution in [-0.2, 0) is 4.79 Å². The molecule has 0 spiro atoms. The lowest BCUT2D eigenvalue weighted by molar-refractivity contribution is -0.122. The second-order valence-corrected chi connectivity index (χ2v) is 4.56. The van der Waals surface area contributed by atoms with Crippen LogP contribution in [0.15, 0.2) is 54.6 Å². The minimum absolute atomic E-state index is 0.0318. The van der Waals surface area contributed by atoms with Gasteiger partial charge in [-0.3, -0.25) is 4.79 Å². The van der Waals surface area contributed by atoms with Crippen molar-refractivity contribution in [3.8, 4) is 11.5 Å². The number of amides is 1. The Hall–Kier alpha value is -2.29. The highest BCUT2D eigenvalue weighted by Gasteiger charge is 2.17. The molecule has 0 bridgehead atoms. The van der Waals surface area contributed by atoms with Gasteiger partial charge in [0, 0.05) is 7.05 Å². The third kappa shape index (κ3) is 3.38. The molecular formula is C17H19NO2. The Bertz CT molecular complexity index is 566. The molecule has 2 rings (SSSR count). The highest BCUT2D eigenvalue weighted by atomic mass is 16.5. The quantitative estimate of drug-likeness (QED) is 0.898. The van der Waals surface area contributed by atoms with Crippen molar-refractivity contribution in [1.82, 2.24) is 5.32 Å². The summed E-state index contributed by atoms with van der Waals surface area (Å²) in [4.78, 5) is 11.9. The van der Waals surface area contributed by atoms with Gasteiger partial charge in [0.05, 0.1) is 5.92 Å². The Morgan fingerprint density at radius 1 is 1.10 bits per heavy atom. The second kappa shape index (κ2) is 6.75. The molecule has 1 amide bonds. The maximum atomic E-state index is 11.9. The Kier molecular flexibility index (Phi) is 4.77. The lowest BCUT2D eigenvalue weighted by Gasteiger charge is -2.15. The van der Waals surface area contributed by atoms with Crippen molar-refractivity contribution in [2.24, 2.45) is 0 Å². The van der Waals surface area contributed by atoms with Gasteiger partial charge < -0.3 is 10.1 Å². The standard InChI is InChI=1S/C17H19NO2/c1-3-16(17(19)18-2)13-8-7-11-15(12-13)20-14-9-5-4-6-10-14/h4-12,16H,3H2,1-2H3,(H,18,19). The minimum Gasteiger partial charge on any atom is -0.457 e. The monoisotopic (exact) mass is 269 g/mol. The van der Waals surface area contributed by atoms with E-state index in [0.717, 1.165) is 23.5 Å². The van der Waals surface area contributed by atoms with E-state index in [1.807, 2.05) is 61.5 Å². The lowest BCUT2D eigenvalue weighted by Crippen LogP contribution is -2.25. The van der Waals surface area contributed by atoms with Crippen LogP contribution in [0.25, 0.3) is 0 Å². The van der Waals surface area contributed by atoms with Crippen LogP contribution >= 0.6 is 0 Å². The van der Waals surface area contributed by atoms with Gasteiger partial charge in [-0.15, -0.1) is 0 Å². The maximum absolute atomic E-state index is 11.9. The first-order valence-electron chi connectivity index (χ1n) is 6.79. The summed E-state index contributed by atoms with van der Waals surface area (Å²) < 4.78 is 5.80. The maximum Gasteiger partial charge on any atom is 0.227 e. The van der Waals surface area contributed by atoms with Gasteiger partial charge in [-0.2, -0.15) is 0 Å². The van der Waals surface area contributed by atoms with E-state index < -0.39 is 0 Å². The summed E-state index contributed by atoms with van der Waals surface area (Å²) in [6.45, 7) is 2.00. The Labute approximate surface area is 119 Å². The molecule has 3 heteroatoms. The molecular weight excluding hydrogens is 250 g/mol. The third-order valence-electron chi connectivity index (χ3n) is 3.21. The summed E-state index contributed by atoms with van der Waals surface area (Å²) in [5.74, 6) is 1.43. The van der Waals surface area contributed by atoms with E-state index in [1.54, 1.807) is 7.05 Å². The number of ether oxygens (including phenoxy) is 1. The average Bonchev–Trinajstić information content (AvgIpc) is 2.49. The van der Waals surface area contributed by atoms with Crippen molar-refractivity contribution in [1.29, 1.82) is 0 Å². The number of carbonyl (C=O) groups excluding carboxylic acids is 1. The van der Waals surface area contributed by atoms with Gasteiger partial charge >= 0.3 is 0 Å². The van der Waals surface area contributed by atoms with E-state index in [1.165, 1.54) is 0 Å². The number of hydrogen-bond acceptors (Lipinski definition) is 2. The largest absolute Gasteiger partial charge is 0.457 e. The van der Waals surface area contributed by atoms with Crippen LogP contribution in [0.2, 0.25) is 0 Å². The first kappa shape index (κ1) is 14.1. The number of hydrogen-bond donors (Lipinski definition) is 1. The third-order valence-corrected chi connectivity index (χ3v) is 3.21. The molecule has 1 unspecified atom stereocenters. The number of nitrogens with one attached hydrogen (secondary N) is 1. The number of likely N-dealkylation sites (N-methyl/N-ethyl adjacent to an activating group) is 1. The molecule has 0 aliphatic carbocycles. The van der Waals surface area contributed by atoms with E-state index in [4.69, 9.17) is 4.74 Å². The van der Waals surface area contributed by atoms with Gasteiger partial charge in [0.1, 0.15) is 11.5 Å². The molecule has 0 saturated heterocycles. The van der Waals surface area contributed by atoms with Crippen LogP contribution in [0.4, 0.5) is 0 Å². The molecule has 0 heterocycles. The highest BCUT2D eigenvalue weighted by Crippen LogP contribution is 2.26. The van der Waals surface area contributed by atoms with Crippen molar-refractivity contribution in [2.45, 2.75) is 19.3 Å². The Balaban J connectivity index is 2.21. The second-order valence-electron chi connectivity index (χ2n) is 4.56. The molecule has 104 valence electrons. The lowest BCUT2D eigenvalue weighted by atomic mass is 9.95. The number of carbonyl (C=O) groups is 1. The summed E-state index contributed by atoms with van der Waals surface area (Å²) in [5, 5.41) is 2.70. The molecule has 3 nitrogen and oxygen atoms in total. The van der Waals surface area contributed by atoms with Crippen LogP contribution in [0.5, 0.6) is 11.5 Å². The molecule has 0 aliphatic heterocycles. The summed E-state index contributed by atoms with van der Waals surface area (Å²) >= 11 is 0. The zero-order valence-corrected chi connectivity index (χ0v) is 11.8. The van der Waals surface area contributed by atoms with Crippen molar-refractivity contribution in [3.05, 3.63) is 60.2 Å². The fraction of sp³-hybridized carbons (Fsp3) is 0.235. The minimum atomic E-state index is -0.140. The number of para-hydroxylation sites is 1. The fourth-order valence-corrected chi connectivity index (χ4v) is 2.17. The van der Waals surface area contributed by atoms with E-state index in [-0.39, 0.29) is 11.8 Å². The Morgan fingerprint density at radius 3 is 2.45 bits per heavy atom. The van der Waals surface area contributed by atoms with Crippen molar-refractivity contribution in [2.75, 3.05) is 7.05 Å². The van der Waals surface area contributed by atoms with Gasteiger partial charge in [0.15, 0.2) is 0 Å². The number of rotatable bonds is 5. The normalized spacial score (nSPS) is 11.7. The van der Waals surface area contributed by atoms with Crippen LogP contribution < -0.4 is 10.1 Å². The molecule has 0 radical (unpaired) electrons. The molecule has 20 heavy (non-hydrogen) atoms. The van der Waals surface area contributed by atoms with E-state index in [0.29, 0.717) is 0 Å². The molecule has 1 atom stereocenters. The summed E-state index contributed by atoms with van der Waals surface area (Å²) in [6.07, 6.45) is 0.758. The number of benzene rings is 2. The highest BCUT2D eigenvalue weighted by molar-refractivity contribution is 5.83. The van der Waals surface area contributed by atoms with Crippen molar-refractivity contribution in [3.63, 3.8) is 0 Å². The summed E-state index contributed by atoms with van der Waals surface area (Å²) in [7, 11) is 1.66. The van der Waals surface area contributed by atoms with Crippen molar-refractivity contribution < 1.29 is 9.53 Å². The summed E-state index contributed by atoms with van der Waals surface area (Å²) in [6, 6.07) is 17.3. The summed E-state index contributed by atoms with van der Waals surface area (Å²) in [5.41, 5.74) is 0.972. The Morgan fingerprint density at radius 2 is 1.80 bits per heavy atom. The fourth-order valence-electron chi connectivity index (χ4n) is 2.17. The predicted octanol–water partition coefficient (Wildman–Crippen LogP) is 3.72. The van der Waals surface area contributed by atoms with Gasteiger partial charge in [-0.25, -0.2) is 0 Å². The molecule has 0 fully saturated rings. The van der Waals surface area contributed by atoms with Gasteiger partial charge in [0.25, 0.3) is 0 Å². The molecule has 2 aromatic rings. The van der Waals surface area contributed by atoms with Crippen LogP contribution in [0.3, 0.4) is 0 Å². The van der Waals surface area contributed by atoms with Gasteiger partial charge in [-0.1, -0.05) is 37.3 Å². The first-order chi connectivity index (χ1) is 9.74. The van der Waals surface area contributed by atoms with E-state index in [2.05, 4.69) is 5.32 Å². The average molecular weight is 269 g/mol. The van der Waals surface area contributed by atoms with Gasteiger partial charge in [0.2, 0.25) is 5.91 Å². The molecule has 2 aromatic carbocycles. The van der Waals surface area contributed by atoms with Gasteiger partial charge in [-0.05, 0) is 36.2 Å². The smallest absolute Gasteiger partial charge is 0.227 e. The predicted molar refractivity (Wildman–Crippen MR) is 80.1 cm³/mol. The first-order valence-corrected chi connectivity index (χ1v) is 6.79. The molecule has 0 aromatic heterocycles. The molecule has 0 saturated carbocycles.